The summed E-state index contributed by atoms with van der Waals surface area (Å²) in [5, 5.41) is 9.23. The van der Waals surface area contributed by atoms with Crippen molar-refractivity contribution in [1.29, 1.82) is 0 Å². The monoisotopic (exact) mass is 310 g/mol. The van der Waals surface area contributed by atoms with Gasteiger partial charge in [-0.25, -0.2) is 4.39 Å². The van der Waals surface area contributed by atoms with Gasteiger partial charge in [0.1, 0.15) is 11.6 Å². The average molecular weight is 311 g/mol. The number of hydrogen-bond acceptors (Lipinski definition) is 4. The zero-order valence-electron chi connectivity index (χ0n) is 9.77. The van der Waals surface area contributed by atoms with Gasteiger partial charge in [-0.15, -0.1) is 0 Å². The van der Waals surface area contributed by atoms with Gasteiger partial charge in [0, 0.05) is 19.2 Å². The smallest absolute Gasteiger partial charge is 0.301 e. The minimum absolute atomic E-state index is 0.169. The molecule has 1 aliphatic rings. The lowest BCUT2D eigenvalue weighted by molar-refractivity contribution is 0.0733. The first-order valence-corrected chi connectivity index (χ1v) is 7.25. The molecule has 9 heteroatoms. The number of benzene rings is 1. The predicted molar refractivity (Wildman–Crippen MR) is 68.0 cm³/mol. The van der Waals surface area contributed by atoms with Crippen LogP contribution in [-0.2, 0) is 14.9 Å². The van der Waals surface area contributed by atoms with Crippen molar-refractivity contribution in [2.75, 3.05) is 31.0 Å². The molecule has 0 aliphatic carbocycles. The van der Waals surface area contributed by atoms with Gasteiger partial charge in [0.2, 0.25) is 0 Å². The molecule has 0 bridgehead atoms. The SMILES string of the molecule is O=S(=O)(Nc1cc(Cl)c(F)cc1O)N1CCOCC1. The molecule has 106 valence electrons. The van der Waals surface area contributed by atoms with E-state index in [1.807, 2.05) is 0 Å². The highest BCUT2D eigenvalue weighted by Gasteiger charge is 2.25. The molecule has 1 heterocycles. The van der Waals surface area contributed by atoms with Gasteiger partial charge in [-0.1, -0.05) is 11.6 Å². The number of nitrogens with one attached hydrogen (secondary N) is 1. The van der Waals surface area contributed by atoms with Crippen molar-refractivity contribution in [3.8, 4) is 5.75 Å². The van der Waals surface area contributed by atoms with E-state index in [1.165, 1.54) is 4.31 Å². The van der Waals surface area contributed by atoms with Gasteiger partial charge in [-0.3, -0.25) is 4.72 Å². The maximum atomic E-state index is 13.1. The van der Waals surface area contributed by atoms with Crippen LogP contribution in [0.3, 0.4) is 0 Å². The van der Waals surface area contributed by atoms with E-state index < -0.39 is 21.8 Å². The van der Waals surface area contributed by atoms with Crippen LogP contribution in [-0.4, -0.2) is 44.1 Å². The first-order valence-electron chi connectivity index (χ1n) is 5.44. The highest BCUT2D eigenvalue weighted by Crippen LogP contribution is 2.30. The molecule has 0 radical (unpaired) electrons. The van der Waals surface area contributed by atoms with Crippen molar-refractivity contribution in [3.05, 3.63) is 23.0 Å². The molecule has 6 nitrogen and oxygen atoms in total. The molecule has 1 saturated heterocycles. The van der Waals surface area contributed by atoms with Gasteiger partial charge < -0.3 is 9.84 Å². The van der Waals surface area contributed by atoms with Crippen LogP contribution in [0, 0.1) is 5.82 Å². The Hall–Kier alpha value is -1.09. The van der Waals surface area contributed by atoms with Gasteiger partial charge in [-0.2, -0.15) is 12.7 Å². The summed E-state index contributed by atoms with van der Waals surface area (Å²) < 4.78 is 45.5. The number of morpholine rings is 1. The van der Waals surface area contributed by atoms with Crippen molar-refractivity contribution in [2.45, 2.75) is 0 Å². The Morgan fingerprint density at radius 3 is 2.63 bits per heavy atom. The fourth-order valence-electron chi connectivity index (χ4n) is 1.61. The zero-order valence-corrected chi connectivity index (χ0v) is 11.3. The number of aromatic hydroxyl groups is 1. The van der Waals surface area contributed by atoms with Crippen molar-refractivity contribution in [3.63, 3.8) is 0 Å². The van der Waals surface area contributed by atoms with Crippen LogP contribution in [0.5, 0.6) is 5.75 Å². The zero-order chi connectivity index (χ0) is 14.0. The number of hydrogen-bond donors (Lipinski definition) is 2. The van der Waals surface area contributed by atoms with Crippen LogP contribution in [0.15, 0.2) is 12.1 Å². The molecule has 0 atom stereocenters. The molecule has 0 unspecified atom stereocenters. The number of ether oxygens (including phenoxy) is 1. The Labute approximate surface area is 114 Å². The molecule has 0 saturated carbocycles. The summed E-state index contributed by atoms with van der Waals surface area (Å²) in [5.74, 6) is -1.35. The van der Waals surface area contributed by atoms with Crippen LogP contribution in [0.2, 0.25) is 5.02 Å². The van der Waals surface area contributed by atoms with E-state index in [1.54, 1.807) is 0 Å². The highest BCUT2D eigenvalue weighted by molar-refractivity contribution is 7.90. The molecule has 0 aromatic heterocycles. The molecular formula is C10H12ClFN2O4S. The summed E-state index contributed by atoms with van der Waals surface area (Å²) in [6, 6.07) is 1.77. The highest BCUT2D eigenvalue weighted by atomic mass is 35.5. The van der Waals surface area contributed by atoms with E-state index in [0.717, 1.165) is 12.1 Å². The lowest BCUT2D eigenvalue weighted by Crippen LogP contribution is -2.43. The maximum absolute atomic E-state index is 13.1. The number of phenolic OH excluding ortho intramolecular Hbond substituents is 1. The summed E-state index contributed by atoms with van der Waals surface area (Å²) in [6.45, 7) is 1.03. The second kappa shape index (κ2) is 5.49. The molecular weight excluding hydrogens is 299 g/mol. The van der Waals surface area contributed by atoms with Crippen LogP contribution in [0.4, 0.5) is 10.1 Å². The van der Waals surface area contributed by atoms with Gasteiger partial charge in [0.15, 0.2) is 0 Å². The minimum atomic E-state index is -3.83. The summed E-state index contributed by atoms with van der Waals surface area (Å²) in [6.07, 6.45) is 0. The number of halogens is 2. The Kier molecular flexibility index (Phi) is 4.14. The Morgan fingerprint density at radius 2 is 2.00 bits per heavy atom. The molecule has 0 spiro atoms. The summed E-state index contributed by atoms with van der Waals surface area (Å²) in [4.78, 5) is 0. The molecule has 2 N–H and O–H groups in total. The summed E-state index contributed by atoms with van der Waals surface area (Å²) in [5.41, 5.74) is -0.169. The largest absolute Gasteiger partial charge is 0.506 e. The molecule has 2 rings (SSSR count). The van der Waals surface area contributed by atoms with Gasteiger partial charge in [0.25, 0.3) is 0 Å². The fourth-order valence-corrected chi connectivity index (χ4v) is 2.97. The molecule has 1 aliphatic heterocycles. The lowest BCUT2D eigenvalue weighted by atomic mass is 10.3. The van der Waals surface area contributed by atoms with E-state index in [2.05, 4.69) is 4.72 Å². The lowest BCUT2D eigenvalue weighted by Gasteiger charge is -2.26. The third-order valence-electron chi connectivity index (χ3n) is 2.59. The van der Waals surface area contributed by atoms with Crippen molar-refractivity contribution >= 4 is 27.5 Å². The molecule has 1 aromatic carbocycles. The average Bonchev–Trinajstić information content (AvgIpc) is 2.37. The van der Waals surface area contributed by atoms with Gasteiger partial charge in [0.05, 0.1) is 23.9 Å². The first-order chi connectivity index (χ1) is 8.90. The second-order valence-corrected chi connectivity index (χ2v) is 5.98. The predicted octanol–water partition coefficient (Wildman–Crippen LogP) is 1.17. The van der Waals surface area contributed by atoms with E-state index in [4.69, 9.17) is 16.3 Å². The van der Waals surface area contributed by atoms with Crippen LogP contribution in [0.25, 0.3) is 0 Å². The van der Waals surface area contributed by atoms with E-state index in [-0.39, 0.29) is 23.8 Å². The minimum Gasteiger partial charge on any atom is -0.506 e. The molecule has 0 amide bonds. The summed E-state index contributed by atoms with van der Waals surface area (Å²) in [7, 11) is -3.83. The van der Waals surface area contributed by atoms with Gasteiger partial charge >= 0.3 is 10.2 Å². The van der Waals surface area contributed by atoms with Crippen molar-refractivity contribution in [1.82, 2.24) is 4.31 Å². The molecule has 19 heavy (non-hydrogen) atoms. The number of nitrogens with zero attached hydrogens (tertiary/aromatic N) is 1. The summed E-state index contributed by atoms with van der Waals surface area (Å²) >= 11 is 5.55. The molecule has 1 aromatic rings. The Bertz CT molecular complexity index is 575. The quantitative estimate of drug-likeness (QED) is 0.822. The Morgan fingerprint density at radius 1 is 1.37 bits per heavy atom. The number of rotatable bonds is 3. The first kappa shape index (κ1) is 14.3. The standard InChI is InChI=1S/C10H12ClFN2O4S/c11-7-5-9(10(15)6-8(7)12)13-19(16,17)14-1-3-18-4-2-14/h5-6,13,15H,1-4H2. The maximum Gasteiger partial charge on any atom is 0.301 e. The van der Waals surface area contributed by atoms with Gasteiger partial charge in [-0.05, 0) is 6.07 Å². The number of phenols is 1. The Balaban J connectivity index is 2.22. The molecule has 1 fully saturated rings. The topological polar surface area (TPSA) is 78.9 Å². The number of anilines is 1. The second-order valence-electron chi connectivity index (χ2n) is 3.90. The third kappa shape index (κ3) is 3.27. The van der Waals surface area contributed by atoms with Crippen LogP contribution >= 0.6 is 11.6 Å². The normalized spacial score (nSPS) is 17.4. The van der Waals surface area contributed by atoms with E-state index >= 15 is 0 Å². The van der Waals surface area contributed by atoms with Crippen molar-refractivity contribution in [2.24, 2.45) is 0 Å². The van der Waals surface area contributed by atoms with E-state index in [0.29, 0.717) is 13.2 Å². The third-order valence-corrected chi connectivity index (χ3v) is 4.40. The van der Waals surface area contributed by atoms with E-state index in [9.17, 15) is 17.9 Å². The fraction of sp³-hybridized carbons (Fsp3) is 0.400. The van der Waals surface area contributed by atoms with Crippen LogP contribution < -0.4 is 4.72 Å². The van der Waals surface area contributed by atoms with Crippen LogP contribution in [0.1, 0.15) is 0 Å². The van der Waals surface area contributed by atoms with Crippen molar-refractivity contribution < 1.29 is 22.7 Å².